The Morgan fingerprint density at radius 2 is 1.95 bits per heavy atom. The average Bonchev–Trinajstić information content (AvgIpc) is 2.72. The van der Waals surface area contributed by atoms with Crippen molar-refractivity contribution in [3.05, 3.63) is 51.5 Å². The van der Waals surface area contributed by atoms with E-state index in [0.717, 1.165) is 19.4 Å². The average molecular weight is 274 g/mol. The maximum atomic E-state index is 4.84. The van der Waals surface area contributed by atoms with Gasteiger partial charge in [0.2, 0.25) is 0 Å². The van der Waals surface area contributed by atoms with Crippen molar-refractivity contribution in [2.45, 2.75) is 33.2 Å². The van der Waals surface area contributed by atoms with Crippen LogP contribution in [-0.4, -0.2) is 12.0 Å². The highest BCUT2D eigenvalue weighted by Gasteiger charge is 2.12. The minimum absolute atomic E-state index is 0.655. The zero-order chi connectivity index (χ0) is 13.7. The van der Waals surface area contributed by atoms with E-state index in [4.69, 9.17) is 4.98 Å². The molecule has 0 fully saturated rings. The van der Waals surface area contributed by atoms with Crippen molar-refractivity contribution in [2.24, 2.45) is 5.92 Å². The standard InChI is InChI=1S/C16H22N2S/c1-12(2)9-14-15(11-17-3)19-16(18-14)10-13-7-5-4-6-8-13/h4-8,12,17H,9-11H2,1-3H3. The molecule has 2 nitrogen and oxygen atoms in total. The molecule has 2 aromatic rings. The van der Waals surface area contributed by atoms with Gasteiger partial charge in [0.15, 0.2) is 0 Å². The van der Waals surface area contributed by atoms with E-state index < -0.39 is 0 Å². The predicted molar refractivity (Wildman–Crippen MR) is 82.7 cm³/mol. The molecule has 0 aliphatic rings. The van der Waals surface area contributed by atoms with Crippen LogP contribution in [0.2, 0.25) is 0 Å². The Hall–Kier alpha value is -1.19. The monoisotopic (exact) mass is 274 g/mol. The van der Waals surface area contributed by atoms with E-state index in [9.17, 15) is 0 Å². The van der Waals surface area contributed by atoms with Crippen LogP contribution in [0.5, 0.6) is 0 Å². The Bertz CT molecular complexity index is 503. The fourth-order valence-electron chi connectivity index (χ4n) is 2.13. The summed E-state index contributed by atoms with van der Waals surface area (Å²) in [6.07, 6.45) is 2.02. The maximum Gasteiger partial charge on any atom is 0.0975 e. The van der Waals surface area contributed by atoms with E-state index in [1.807, 2.05) is 18.4 Å². The molecule has 2 rings (SSSR count). The van der Waals surface area contributed by atoms with Crippen LogP contribution in [0.3, 0.4) is 0 Å². The van der Waals surface area contributed by atoms with Crippen molar-refractivity contribution in [3.63, 3.8) is 0 Å². The summed E-state index contributed by atoms with van der Waals surface area (Å²) in [6.45, 7) is 5.42. The van der Waals surface area contributed by atoms with Gasteiger partial charge in [0.25, 0.3) is 0 Å². The number of benzene rings is 1. The molecule has 0 saturated heterocycles. The summed E-state index contributed by atoms with van der Waals surface area (Å²) in [5.74, 6) is 0.655. The van der Waals surface area contributed by atoms with Crippen molar-refractivity contribution in [3.8, 4) is 0 Å². The Kier molecular flexibility index (Phi) is 5.11. The second kappa shape index (κ2) is 6.83. The smallest absolute Gasteiger partial charge is 0.0975 e. The summed E-state index contributed by atoms with van der Waals surface area (Å²) in [4.78, 5) is 6.23. The van der Waals surface area contributed by atoms with E-state index in [2.05, 4.69) is 49.5 Å². The molecule has 1 aromatic carbocycles. The van der Waals surface area contributed by atoms with E-state index in [1.54, 1.807) is 0 Å². The zero-order valence-corrected chi connectivity index (χ0v) is 12.8. The third kappa shape index (κ3) is 4.15. The van der Waals surface area contributed by atoms with E-state index in [0.29, 0.717) is 5.92 Å². The van der Waals surface area contributed by atoms with Gasteiger partial charge in [-0.05, 0) is 24.9 Å². The van der Waals surface area contributed by atoms with Gasteiger partial charge in [0, 0.05) is 17.8 Å². The topological polar surface area (TPSA) is 24.9 Å². The second-order valence-electron chi connectivity index (χ2n) is 5.27. The lowest BCUT2D eigenvalue weighted by Crippen LogP contribution is -2.07. The minimum Gasteiger partial charge on any atom is -0.315 e. The lowest BCUT2D eigenvalue weighted by Gasteiger charge is -2.03. The first-order chi connectivity index (χ1) is 9.19. The van der Waals surface area contributed by atoms with E-state index in [-0.39, 0.29) is 0 Å². The van der Waals surface area contributed by atoms with Crippen molar-refractivity contribution in [1.82, 2.24) is 10.3 Å². The third-order valence-electron chi connectivity index (χ3n) is 2.96. The highest BCUT2D eigenvalue weighted by atomic mass is 32.1. The number of hydrogen-bond acceptors (Lipinski definition) is 3. The quantitative estimate of drug-likeness (QED) is 0.869. The number of rotatable bonds is 6. The Balaban J connectivity index is 2.17. The van der Waals surface area contributed by atoms with Gasteiger partial charge >= 0.3 is 0 Å². The van der Waals surface area contributed by atoms with Crippen LogP contribution in [0.25, 0.3) is 0 Å². The van der Waals surface area contributed by atoms with E-state index in [1.165, 1.54) is 21.1 Å². The van der Waals surface area contributed by atoms with Crippen molar-refractivity contribution < 1.29 is 0 Å². The highest BCUT2D eigenvalue weighted by molar-refractivity contribution is 7.11. The summed E-state index contributed by atoms with van der Waals surface area (Å²) in [5, 5.41) is 4.47. The molecule has 102 valence electrons. The molecule has 0 aliphatic carbocycles. The van der Waals surface area contributed by atoms with Gasteiger partial charge in [-0.2, -0.15) is 0 Å². The minimum atomic E-state index is 0.655. The van der Waals surface area contributed by atoms with Gasteiger partial charge in [-0.3, -0.25) is 0 Å². The highest BCUT2D eigenvalue weighted by Crippen LogP contribution is 2.23. The van der Waals surface area contributed by atoms with Crippen LogP contribution in [0.15, 0.2) is 30.3 Å². The molecule has 0 spiro atoms. The second-order valence-corrected chi connectivity index (χ2v) is 6.44. The summed E-state index contributed by atoms with van der Waals surface area (Å²) >= 11 is 1.85. The normalized spacial score (nSPS) is 11.2. The Labute approximate surface area is 119 Å². The van der Waals surface area contributed by atoms with E-state index >= 15 is 0 Å². The van der Waals surface area contributed by atoms with Crippen molar-refractivity contribution in [1.29, 1.82) is 0 Å². The number of nitrogens with zero attached hydrogens (tertiary/aromatic N) is 1. The molecular weight excluding hydrogens is 252 g/mol. The Morgan fingerprint density at radius 3 is 2.58 bits per heavy atom. The summed E-state index contributed by atoms with van der Waals surface area (Å²) in [7, 11) is 2.00. The lowest BCUT2D eigenvalue weighted by molar-refractivity contribution is 0.629. The molecule has 0 unspecified atom stereocenters. The van der Waals surface area contributed by atoms with Crippen LogP contribution in [0.4, 0.5) is 0 Å². The number of hydrogen-bond donors (Lipinski definition) is 1. The largest absolute Gasteiger partial charge is 0.315 e. The van der Waals surface area contributed by atoms with Crippen molar-refractivity contribution in [2.75, 3.05) is 7.05 Å². The van der Waals surface area contributed by atoms with Gasteiger partial charge in [0.1, 0.15) is 0 Å². The van der Waals surface area contributed by atoms with Crippen LogP contribution < -0.4 is 5.32 Å². The van der Waals surface area contributed by atoms with Crippen LogP contribution in [-0.2, 0) is 19.4 Å². The molecule has 0 amide bonds. The van der Waals surface area contributed by atoms with Crippen molar-refractivity contribution >= 4 is 11.3 Å². The molecule has 0 atom stereocenters. The SMILES string of the molecule is CNCc1sc(Cc2ccccc2)nc1CC(C)C. The number of nitrogens with one attached hydrogen (secondary N) is 1. The third-order valence-corrected chi connectivity index (χ3v) is 4.06. The first-order valence-corrected chi connectivity index (χ1v) is 7.66. The maximum absolute atomic E-state index is 4.84. The van der Waals surface area contributed by atoms with Gasteiger partial charge in [-0.15, -0.1) is 11.3 Å². The number of thiazole rings is 1. The summed E-state index contributed by atoms with van der Waals surface area (Å²) < 4.78 is 0. The van der Waals surface area contributed by atoms with Gasteiger partial charge < -0.3 is 5.32 Å². The molecule has 3 heteroatoms. The molecule has 0 radical (unpaired) electrons. The lowest BCUT2D eigenvalue weighted by atomic mass is 10.1. The van der Waals surface area contributed by atoms with Gasteiger partial charge in [-0.1, -0.05) is 44.2 Å². The Morgan fingerprint density at radius 1 is 1.21 bits per heavy atom. The van der Waals surface area contributed by atoms with Gasteiger partial charge in [0.05, 0.1) is 10.7 Å². The van der Waals surface area contributed by atoms with Crippen LogP contribution in [0.1, 0.15) is 35.0 Å². The molecule has 1 aromatic heterocycles. The molecule has 1 N–H and O–H groups in total. The molecular formula is C16H22N2S. The molecule has 0 saturated carbocycles. The van der Waals surface area contributed by atoms with Gasteiger partial charge in [-0.25, -0.2) is 4.98 Å². The summed E-state index contributed by atoms with van der Waals surface area (Å²) in [6, 6.07) is 10.6. The summed E-state index contributed by atoms with van der Waals surface area (Å²) in [5.41, 5.74) is 2.61. The van der Waals surface area contributed by atoms with Crippen LogP contribution in [0, 0.1) is 5.92 Å². The first-order valence-electron chi connectivity index (χ1n) is 6.85. The molecule has 0 aliphatic heterocycles. The fraction of sp³-hybridized carbons (Fsp3) is 0.438. The molecule has 19 heavy (non-hydrogen) atoms. The zero-order valence-electron chi connectivity index (χ0n) is 11.9. The first kappa shape index (κ1) is 14.2. The fourth-order valence-corrected chi connectivity index (χ4v) is 3.27. The molecule has 1 heterocycles. The predicted octanol–water partition coefficient (Wildman–Crippen LogP) is 3.65. The molecule has 0 bridgehead atoms. The van der Waals surface area contributed by atoms with Crippen LogP contribution >= 0.6 is 11.3 Å². The number of aromatic nitrogens is 1.